The molecule has 0 spiro atoms. The maximum Gasteiger partial charge on any atom is 0.123 e. The van der Waals surface area contributed by atoms with Gasteiger partial charge in [0.1, 0.15) is 5.82 Å². The maximum atomic E-state index is 12.8. The van der Waals surface area contributed by atoms with Crippen molar-refractivity contribution in [1.82, 2.24) is 5.32 Å². The zero-order valence-corrected chi connectivity index (χ0v) is 12.2. The Bertz CT molecular complexity index is 371. The molecule has 1 aromatic carbocycles. The Kier molecular flexibility index (Phi) is 5.38. The zero-order valence-electron chi connectivity index (χ0n) is 12.2. The van der Waals surface area contributed by atoms with Gasteiger partial charge < -0.3 is 5.32 Å². The molecule has 0 bridgehead atoms. The lowest BCUT2D eigenvalue weighted by molar-refractivity contribution is 0.252. The highest BCUT2D eigenvalue weighted by atomic mass is 19.1. The lowest BCUT2D eigenvalue weighted by Crippen LogP contribution is -2.34. The number of nitrogens with one attached hydrogen (secondary N) is 1. The highest BCUT2D eigenvalue weighted by molar-refractivity contribution is 5.15. The van der Waals surface area contributed by atoms with Gasteiger partial charge in [0, 0.05) is 12.6 Å². The lowest BCUT2D eigenvalue weighted by atomic mass is 9.81. The number of benzene rings is 1. The predicted octanol–water partition coefficient (Wildman–Crippen LogP) is 4.52. The van der Waals surface area contributed by atoms with Crippen LogP contribution < -0.4 is 5.32 Å². The van der Waals surface area contributed by atoms with Gasteiger partial charge in [0.2, 0.25) is 0 Å². The van der Waals surface area contributed by atoms with E-state index < -0.39 is 0 Å². The fraction of sp³-hybridized carbons (Fsp3) is 0.647. The van der Waals surface area contributed by atoms with Crippen molar-refractivity contribution >= 4 is 0 Å². The molecule has 1 nitrogen and oxygen atoms in total. The molecule has 2 atom stereocenters. The fourth-order valence-corrected chi connectivity index (χ4v) is 3.22. The molecule has 0 aromatic heterocycles. The Labute approximate surface area is 116 Å². The first-order chi connectivity index (χ1) is 9.13. The predicted molar refractivity (Wildman–Crippen MR) is 78.4 cm³/mol. The molecule has 0 heterocycles. The summed E-state index contributed by atoms with van der Waals surface area (Å²) in [5.41, 5.74) is 1.17. The van der Waals surface area contributed by atoms with Gasteiger partial charge in [-0.2, -0.15) is 0 Å². The quantitative estimate of drug-likeness (QED) is 0.823. The Morgan fingerprint density at radius 2 is 1.95 bits per heavy atom. The van der Waals surface area contributed by atoms with E-state index in [1.165, 1.54) is 37.7 Å². The van der Waals surface area contributed by atoms with Gasteiger partial charge >= 0.3 is 0 Å². The molecule has 2 unspecified atom stereocenters. The second-order valence-corrected chi connectivity index (χ2v) is 6.37. The van der Waals surface area contributed by atoms with Crippen LogP contribution in [0.5, 0.6) is 0 Å². The molecule has 0 saturated heterocycles. The number of hydrogen-bond donors (Lipinski definition) is 1. The second-order valence-electron chi connectivity index (χ2n) is 6.37. The molecule has 0 radical (unpaired) electrons. The van der Waals surface area contributed by atoms with Gasteiger partial charge in [-0.3, -0.25) is 0 Å². The molecule has 0 aliphatic heterocycles. The Balaban J connectivity index is 1.77. The third-order valence-corrected chi connectivity index (χ3v) is 4.10. The van der Waals surface area contributed by atoms with E-state index in [9.17, 15) is 4.39 Å². The van der Waals surface area contributed by atoms with Crippen molar-refractivity contribution in [3.05, 3.63) is 35.6 Å². The second kappa shape index (κ2) is 7.04. The van der Waals surface area contributed by atoms with Gasteiger partial charge in [-0.15, -0.1) is 0 Å². The summed E-state index contributed by atoms with van der Waals surface area (Å²) < 4.78 is 12.8. The molecule has 19 heavy (non-hydrogen) atoms. The molecule has 1 aliphatic carbocycles. The summed E-state index contributed by atoms with van der Waals surface area (Å²) in [5, 5.41) is 3.64. The Hall–Kier alpha value is -0.890. The third-order valence-electron chi connectivity index (χ3n) is 4.10. The number of hydrogen-bond acceptors (Lipinski definition) is 1. The zero-order chi connectivity index (χ0) is 13.7. The molecule has 106 valence electrons. The van der Waals surface area contributed by atoms with Crippen LogP contribution >= 0.6 is 0 Å². The van der Waals surface area contributed by atoms with E-state index in [0.717, 1.165) is 18.4 Å². The minimum absolute atomic E-state index is 0.154. The van der Waals surface area contributed by atoms with E-state index in [2.05, 4.69) is 19.2 Å². The number of halogens is 1. The van der Waals surface area contributed by atoms with E-state index in [4.69, 9.17) is 0 Å². The van der Waals surface area contributed by atoms with Gasteiger partial charge in [0.15, 0.2) is 0 Å². The van der Waals surface area contributed by atoms with Crippen molar-refractivity contribution < 1.29 is 4.39 Å². The van der Waals surface area contributed by atoms with Crippen LogP contribution in [0.15, 0.2) is 24.3 Å². The van der Waals surface area contributed by atoms with Crippen molar-refractivity contribution in [1.29, 1.82) is 0 Å². The highest BCUT2D eigenvalue weighted by Crippen LogP contribution is 2.29. The molecule has 2 rings (SSSR count). The molecule has 0 amide bonds. The molecule has 2 heteroatoms. The minimum Gasteiger partial charge on any atom is -0.310 e. The molecule has 1 fully saturated rings. The maximum absolute atomic E-state index is 12.8. The molecule has 1 aliphatic rings. The van der Waals surface area contributed by atoms with Crippen LogP contribution in [0.3, 0.4) is 0 Å². The summed E-state index contributed by atoms with van der Waals surface area (Å²) in [6, 6.07) is 7.47. The van der Waals surface area contributed by atoms with E-state index in [0.29, 0.717) is 6.04 Å². The lowest BCUT2D eigenvalue weighted by Gasteiger charge is -2.31. The molecule has 1 saturated carbocycles. The van der Waals surface area contributed by atoms with Gasteiger partial charge in [0.05, 0.1) is 0 Å². The van der Waals surface area contributed by atoms with Gasteiger partial charge in [-0.05, 0) is 48.8 Å². The van der Waals surface area contributed by atoms with E-state index >= 15 is 0 Å². The van der Waals surface area contributed by atoms with E-state index in [-0.39, 0.29) is 5.82 Å². The first-order valence-electron chi connectivity index (χ1n) is 7.61. The largest absolute Gasteiger partial charge is 0.310 e. The average molecular weight is 263 g/mol. The minimum atomic E-state index is -0.154. The standard InChI is InChI=1S/C17H26FN/c1-13(2)10-15-4-3-5-17(11-15)19-12-14-6-8-16(18)9-7-14/h6-9,13,15,17,19H,3-5,10-12H2,1-2H3. The number of rotatable bonds is 5. The van der Waals surface area contributed by atoms with Crippen LogP contribution in [0.2, 0.25) is 0 Å². The molecular weight excluding hydrogens is 237 g/mol. The average Bonchev–Trinajstić information content (AvgIpc) is 2.38. The summed E-state index contributed by atoms with van der Waals surface area (Å²) >= 11 is 0. The van der Waals surface area contributed by atoms with Crippen molar-refractivity contribution in [2.24, 2.45) is 11.8 Å². The van der Waals surface area contributed by atoms with Crippen LogP contribution in [0.25, 0.3) is 0 Å². The fourth-order valence-electron chi connectivity index (χ4n) is 3.22. The van der Waals surface area contributed by atoms with Gasteiger partial charge in [-0.25, -0.2) is 4.39 Å². The summed E-state index contributed by atoms with van der Waals surface area (Å²) in [7, 11) is 0. The van der Waals surface area contributed by atoms with Crippen LogP contribution in [0.1, 0.15) is 51.5 Å². The topological polar surface area (TPSA) is 12.0 Å². The van der Waals surface area contributed by atoms with Gasteiger partial charge in [0.25, 0.3) is 0 Å². The smallest absolute Gasteiger partial charge is 0.123 e. The highest BCUT2D eigenvalue weighted by Gasteiger charge is 2.22. The van der Waals surface area contributed by atoms with Gasteiger partial charge in [-0.1, -0.05) is 38.8 Å². The van der Waals surface area contributed by atoms with Crippen LogP contribution in [-0.2, 0) is 6.54 Å². The molecular formula is C17H26FN. The van der Waals surface area contributed by atoms with Crippen LogP contribution in [0.4, 0.5) is 4.39 Å². The SMILES string of the molecule is CC(C)CC1CCCC(NCc2ccc(F)cc2)C1. The first kappa shape index (κ1) is 14.5. The summed E-state index contributed by atoms with van der Waals surface area (Å²) in [6.45, 7) is 5.49. The Morgan fingerprint density at radius 1 is 1.21 bits per heavy atom. The first-order valence-corrected chi connectivity index (χ1v) is 7.61. The summed E-state index contributed by atoms with van der Waals surface area (Å²) in [4.78, 5) is 0. The van der Waals surface area contributed by atoms with Crippen molar-refractivity contribution in [2.75, 3.05) is 0 Å². The van der Waals surface area contributed by atoms with Crippen molar-refractivity contribution in [2.45, 2.75) is 58.5 Å². The molecule has 1 aromatic rings. The van der Waals surface area contributed by atoms with Crippen molar-refractivity contribution in [3.63, 3.8) is 0 Å². The van der Waals surface area contributed by atoms with Crippen LogP contribution in [0, 0.1) is 17.7 Å². The third kappa shape index (κ3) is 4.94. The molecule has 1 N–H and O–H groups in total. The van der Waals surface area contributed by atoms with Crippen LogP contribution in [-0.4, -0.2) is 6.04 Å². The summed E-state index contributed by atoms with van der Waals surface area (Å²) in [5.74, 6) is 1.54. The summed E-state index contributed by atoms with van der Waals surface area (Å²) in [6.07, 6.45) is 6.69. The normalized spacial score (nSPS) is 23.8. The van der Waals surface area contributed by atoms with Crippen molar-refractivity contribution in [3.8, 4) is 0 Å². The monoisotopic (exact) mass is 263 g/mol. The van der Waals surface area contributed by atoms with E-state index in [1.807, 2.05) is 12.1 Å². The van der Waals surface area contributed by atoms with E-state index in [1.54, 1.807) is 12.1 Å². The Morgan fingerprint density at radius 3 is 2.63 bits per heavy atom.